The molecule has 1 heterocycles. The Labute approximate surface area is 165 Å². The predicted octanol–water partition coefficient (Wildman–Crippen LogP) is 2.90. The van der Waals surface area contributed by atoms with Gasteiger partial charge in [0.15, 0.2) is 5.78 Å². The number of ketones is 1. The Morgan fingerprint density at radius 1 is 1.18 bits per heavy atom. The van der Waals surface area contributed by atoms with Crippen LogP contribution in [0, 0.1) is 12.7 Å². The molecule has 6 heteroatoms. The van der Waals surface area contributed by atoms with Gasteiger partial charge in [-0.2, -0.15) is 0 Å². The summed E-state index contributed by atoms with van der Waals surface area (Å²) < 4.78 is 20.0. The lowest BCUT2D eigenvalue weighted by Gasteiger charge is -2.37. The second-order valence-corrected chi connectivity index (χ2v) is 7.24. The third kappa shape index (κ3) is 5.09. The van der Waals surface area contributed by atoms with Gasteiger partial charge in [0.2, 0.25) is 0 Å². The Hall–Kier alpha value is -2.44. The fraction of sp³-hybridized carbons (Fsp3) is 0.409. The summed E-state index contributed by atoms with van der Waals surface area (Å²) in [6, 6.07) is 12.4. The number of carbonyl (C=O) groups is 1. The number of ether oxygens (including phenoxy) is 1. The van der Waals surface area contributed by atoms with Crippen LogP contribution in [-0.4, -0.2) is 61.2 Å². The summed E-state index contributed by atoms with van der Waals surface area (Å²) in [6.45, 7) is 6.97. The summed E-state index contributed by atoms with van der Waals surface area (Å²) in [5, 5.41) is 10.3. The zero-order valence-corrected chi connectivity index (χ0v) is 16.4. The van der Waals surface area contributed by atoms with Gasteiger partial charge in [-0.05, 0) is 43.7 Å². The Morgan fingerprint density at radius 3 is 2.54 bits per heavy atom. The zero-order chi connectivity index (χ0) is 20.1. The largest absolute Gasteiger partial charge is 0.491 e. The maximum absolute atomic E-state index is 14.3. The molecule has 150 valence electrons. The van der Waals surface area contributed by atoms with Crippen LogP contribution in [0.2, 0.25) is 0 Å². The number of carbonyl (C=O) groups excluding carboxylic acids is 1. The van der Waals surface area contributed by atoms with Crippen LogP contribution in [0.3, 0.4) is 0 Å². The van der Waals surface area contributed by atoms with Crippen LogP contribution < -0.4 is 9.64 Å². The first-order chi connectivity index (χ1) is 13.4. The Bertz CT molecular complexity index is 819. The lowest BCUT2D eigenvalue weighted by Crippen LogP contribution is -2.49. The quantitative estimate of drug-likeness (QED) is 0.742. The number of nitrogens with zero attached hydrogens (tertiary/aromatic N) is 2. The minimum atomic E-state index is -0.585. The predicted molar refractivity (Wildman–Crippen MR) is 108 cm³/mol. The normalized spacial score (nSPS) is 16.1. The summed E-state index contributed by atoms with van der Waals surface area (Å²) in [5.74, 6) is 0.279. The molecule has 1 aliphatic heterocycles. The number of hydrogen-bond donors (Lipinski definition) is 1. The fourth-order valence-corrected chi connectivity index (χ4v) is 3.41. The third-order valence-corrected chi connectivity index (χ3v) is 5.06. The molecule has 1 aliphatic rings. The van der Waals surface area contributed by atoms with E-state index in [9.17, 15) is 14.3 Å². The highest BCUT2D eigenvalue weighted by Gasteiger charge is 2.22. The molecule has 0 amide bonds. The molecular weight excluding hydrogens is 359 g/mol. The number of hydrogen-bond acceptors (Lipinski definition) is 5. The summed E-state index contributed by atoms with van der Waals surface area (Å²) in [5.41, 5.74) is 1.95. The van der Waals surface area contributed by atoms with Crippen molar-refractivity contribution < 1.29 is 19.0 Å². The van der Waals surface area contributed by atoms with E-state index in [1.165, 1.54) is 13.0 Å². The fourth-order valence-electron chi connectivity index (χ4n) is 3.41. The topological polar surface area (TPSA) is 53.0 Å². The van der Waals surface area contributed by atoms with E-state index in [0.29, 0.717) is 30.9 Å². The summed E-state index contributed by atoms with van der Waals surface area (Å²) in [6.07, 6.45) is -0.585. The molecule has 0 aliphatic carbocycles. The van der Waals surface area contributed by atoms with Crippen LogP contribution in [0.25, 0.3) is 0 Å². The summed E-state index contributed by atoms with van der Waals surface area (Å²) in [4.78, 5) is 15.5. The molecule has 1 N–H and O–H groups in total. The van der Waals surface area contributed by atoms with Crippen LogP contribution in [0.4, 0.5) is 10.1 Å². The van der Waals surface area contributed by atoms with Gasteiger partial charge in [-0.15, -0.1) is 0 Å². The molecule has 0 radical (unpaired) electrons. The first-order valence-corrected chi connectivity index (χ1v) is 9.58. The molecule has 1 fully saturated rings. The molecule has 2 aromatic carbocycles. The molecule has 1 unspecified atom stereocenters. The van der Waals surface area contributed by atoms with Crippen molar-refractivity contribution in [1.82, 2.24) is 4.90 Å². The number of anilines is 1. The van der Waals surface area contributed by atoms with Gasteiger partial charge in [0.25, 0.3) is 0 Å². The van der Waals surface area contributed by atoms with Crippen molar-refractivity contribution in [3.05, 3.63) is 59.4 Å². The van der Waals surface area contributed by atoms with E-state index in [1.54, 1.807) is 12.1 Å². The van der Waals surface area contributed by atoms with Gasteiger partial charge < -0.3 is 14.7 Å². The van der Waals surface area contributed by atoms with Crippen molar-refractivity contribution in [2.45, 2.75) is 20.0 Å². The number of Topliss-reactive ketones (excluding diaryl/α,β-unsaturated/α-hetero) is 1. The molecule has 5 nitrogen and oxygen atoms in total. The average molecular weight is 386 g/mol. The monoisotopic (exact) mass is 386 g/mol. The molecule has 1 saturated heterocycles. The second kappa shape index (κ2) is 9.17. The minimum absolute atomic E-state index is 0.142. The average Bonchev–Trinajstić information content (AvgIpc) is 2.68. The van der Waals surface area contributed by atoms with Gasteiger partial charge in [0, 0.05) is 38.3 Å². The number of aliphatic hydroxyl groups is 1. The van der Waals surface area contributed by atoms with E-state index < -0.39 is 6.10 Å². The highest BCUT2D eigenvalue weighted by atomic mass is 19.1. The van der Waals surface area contributed by atoms with Crippen LogP contribution in [0.1, 0.15) is 22.8 Å². The van der Waals surface area contributed by atoms with Crippen molar-refractivity contribution in [1.29, 1.82) is 0 Å². The van der Waals surface area contributed by atoms with E-state index in [0.717, 1.165) is 24.4 Å². The van der Waals surface area contributed by atoms with Crippen molar-refractivity contribution in [2.24, 2.45) is 0 Å². The Morgan fingerprint density at radius 2 is 1.89 bits per heavy atom. The van der Waals surface area contributed by atoms with Crippen LogP contribution in [0.5, 0.6) is 5.75 Å². The number of para-hydroxylation sites is 1. The smallest absolute Gasteiger partial charge is 0.159 e. The molecule has 2 aromatic rings. The molecule has 0 bridgehead atoms. The van der Waals surface area contributed by atoms with Gasteiger partial charge in [0.1, 0.15) is 24.3 Å². The first-order valence-electron chi connectivity index (χ1n) is 9.58. The number of aliphatic hydroxyl groups excluding tert-OH is 1. The van der Waals surface area contributed by atoms with E-state index in [-0.39, 0.29) is 18.2 Å². The number of halogens is 1. The summed E-state index contributed by atoms with van der Waals surface area (Å²) in [7, 11) is 0. The van der Waals surface area contributed by atoms with E-state index in [2.05, 4.69) is 4.90 Å². The van der Waals surface area contributed by atoms with Gasteiger partial charge in [-0.25, -0.2) is 4.39 Å². The van der Waals surface area contributed by atoms with E-state index in [4.69, 9.17) is 4.74 Å². The zero-order valence-electron chi connectivity index (χ0n) is 16.4. The SMILES string of the molecule is CC(=O)c1ccc(N2CCN(CC(O)COc3ccccc3C)CC2)c(F)c1. The number of rotatable bonds is 7. The third-order valence-electron chi connectivity index (χ3n) is 5.06. The van der Waals surface area contributed by atoms with Crippen LogP contribution in [-0.2, 0) is 0 Å². The minimum Gasteiger partial charge on any atom is -0.491 e. The number of aryl methyl sites for hydroxylation is 1. The second-order valence-electron chi connectivity index (χ2n) is 7.24. The molecule has 28 heavy (non-hydrogen) atoms. The molecule has 0 spiro atoms. The Balaban J connectivity index is 1.47. The lowest BCUT2D eigenvalue weighted by atomic mass is 10.1. The molecule has 0 aromatic heterocycles. The number of piperazine rings is 1. The van der Waals surface area contributed by atoms with Gasteiger partial charge >= 0.3 is 0 Å². The Kier molecular flexibility index (Phi) is 6.65. The molecular formula is C22H27FN2O3. The number of β-amino-alcohol motifs (C(OH)–C–C–N with tert-alkyl or cyclic N) is 1. The van der Waals surface area contributed by atoms with Gasteiger partial charge in [0.05, 0.1) is 5.69 Å². The molecule has 1 atom stereocenters. The van der Waals surface area contributed by atoms with Crippen molar-refractivity contribution >= 4 is 11.5 Å². The highest BCUT2D eigenvalue weighted by molar-refractivity contribution is 5.94. The summed E-state index contributed by atoms with van der Waals surface area (Å²) >= 11 is 0. The van der Waals surface area contributed by atoms with Gasteiger partial charge in [-0.1, -0.05) is 18.2 Å². The standard InChI is InChI=1S/C22H27FN2O3/c1-16-5-3-4-6-22(16)28-15-19(27)14-24-9-11-25(12-10-24)21-8-7-18(17(2)26)13-20(21)23/h3-8,13,19,27H,9-12,14-15H2,1-2H3. The van der Waals surface area contributed by atoms with Gasteiger partial charge in [-0.3, -0.25) is 9.69 Å². The van der Waals surface area contributed by atoms with Crippen molar-refractivity contribution in [3.8, 4) is 5.75 Å². The lowest BCUT2D eigenvalue weighted by molar-refractivity contribution is 0.0660. The first kappa shape index (κ1) is 20.3. The highest BCUT2D eigenvalue weighted by Crippen LogP contribution is 2.22. The van der Waals surface area contributed by atoms with Crippen LogP contribution >= 0.6 is 0 Å². The number of benzene rings is 2. The van der Waals surface area contributed by atoms with Crippen LogP contribution in [0.15, 0.2) is 42.5 Å². The van der Waals surface area contributed by atoms with E-state index in [1.807, 2.05) is 36.1 Å². The van der Waals surface area contributed by atoms with E-state index >= 15 is 0 Å². The maximum Gasteiger partial charge on any atom is 0.159 e. The molecule has 3 rings (SSSR count). The van der Waals surface area contributed by atoms with Crippen molar-refractivity contribution in [3.63, 3.8) is 0 Å². The maximum atomic E-state index is 14.3. The van der Waals surface area contributed by atoms with Crippen molar-refractivity contribution in [2.75, 3.05) is 44.2 Å². The molecule has 0 saturated carbocycles.